The molecule has 1 N–H and O–H groups in total. The topological polar surface area (TPSA) is 15.9 Å². The van der Waals surface area contributed by atoms with Crippen LogP contribution in [0.2, 0.25) is 0 Å². The number of benzene rings is 1. The summed E-state index contributed by atoms with van der Waals surface area (Å²) in [6.45, 7) is 2.10. The lowest BCUT2D eigenvalue weighted by Gasteiger charge is -1.97. The lowest BCUT2D eigenvalue weighted by Crippen LogP contribution is -3.00. The van der Waals surface area contributed by atoms with Crippen LogP contribution < -0.4 is 26.9 Å². The summed E-state index contributed by atoms with van der Waals surface area (Å²) in [5.41, 5.74) is 2.40. The van der Waals surface area contributed by atoms with E-state index in [9.17, 15) is 0 Å². The Morgan fingerprint density at radius 3 is 2.40 bits per heavy atom. The molecule has 0 radical (unpaired) electrons. The van der Waals surface area contributed by atoms with Gasteiger partial charge in [-0.2, -0.15) is 0 Å². The zero-order valence-corrected chi connectivity index (χ0v) is 11.1. The van der Waals surface area contributed by atoms with Crippen LogP contribution in [0.1, 0.15) is 5.69 Å². The molecule has 0 amide bonds. The fourth-order valence-electron chi connectivity index (χ4n) is 1.22. The Morgan fingerprint density at radius 2 is 1.87 bits per heavy atom. The molecule has 0 saturated carbocycles. The van der Waals surface area contributed by atoms with E-state index in [0.29, 0.717) is 0 Å². The number of aryl methyl sites for hydroxylation is 1. The summed E-state index contributed by atoms with van der Waals surface area (Å²) < 4.78 is 2.15. The average Bonchev–Trinajstić information content (AvgIpc) is 2.52. The second kappa shape index (κ2) is 5.28. The second-order valence-electron chi connectivity index (χ2n) is 3.23. The molecule has 2 rings (SSSR count). The molecule has 2 aromatic rings. The second-order valence-corrected chi connectivity index (χ2v) is 4.09. The first-order chi connectivity index (χ1) is 6.77. The number of halogens is 1. The van der Waals surface area contributed by atoms with E-state index in [1.807, 2.05) is 18.2 Å². The van der Waals surface area contributed by atoms with Crippen molar-refractivity contribution in [3.05, 3.63) is 41.4 Å². The molecular formula is C11H13BrN2S. The largest absolute Gasteiger partial charge is 1.00 e. The summed E-state index contributed by atoms with van der Waals surface area (Å²) in [7, 11) is 2.07. The van der Waals surface area contributed by atoms with Gasteiger partial charge in [0.15, 0.2) is 0 Å². The first-order valence-electron chi connectivity index (χ1n) is 4.53. The number of para-hydroxylation sites is 1. The highest BCUT2D eigenvalue weighted by molar-refractivity contribution is 7.13. The number of nitrogens with zero attached hydrogens (tertiary/aromatic N) is 1. The van der Waals surface area contributed by atoms with E-state index in [0.717, 1.165) is 10.8 Å². The smallest absolute Gasteiger partial charge is 0.338 e. The van der Waals surface area contributed by atoms with Crippen LogP contribution in [0.5, 0.6) is 0 Å². The van der Waals surface area contributed by atoms with Crippen molar-refractivity contribution in [2.45, 2.75) is 6.92 Å². The van der Waals surface area contributed by atoms with Crippen molar-refractivity contribution in [1.82, 2.24) is 0 Å². The molecule has 1 heterocycles. The number of rotatable bonds is 2. The first-order valence-corrected chi connectivity index (χ1v) is 5.41. The van der Waals surface area contributed by atoms with E-state index in [2.05, 4.69) is 41.4 Å². The van der Waals surface area contributed by atoms with Crippen LogP contribution in [0.3, 0.4) is 0 Å². The first kappa shape index (κ1) is 12.2. The van der Waals surface area contributed by atoms with Gasteiger partial charge < -0.3 is 17.0 Å². The van der Waals surface area contributed by atoms with Gasteiger partial charge in [0.2, 0.25) is 0 Å². The highest BCUT2D eigenvalue weighted by atomic mass is 79.9. The number of thiazole rings is 1. The molecule has 1 aromatic carbocycles. The molecule has 0 aliphatic carbocycles. The maximum Gasteiger partial charge on any atom is 0.338 e. The van der Waals surface area contributed by atoms with Gasteiger partial charge in [0, 0.05) is 5.38 Å². The number of aromatic nitrogens is 1. The fourth-order valence-corrected chi connectivity index (χ4v) is 2.14. The van der Waals surface area contributed by atoms with E-state index in [1.54, 1.807) is 11.3 Å². The van der Waals surface area contributed by atoms with Gasteiger partial charge in [0.25, 0.3) is 0 Å². The maximum absolute atomic E-state index is 3.37. The molecule has 0 unspecified atom stereocenters. The Hall–Kier alpha value is -0.870. The monoisotopic (exact) mass is 284 g/mol. The normalized spacial score (nSPS) is 9.47. The number of nitrogens with one attached hydrogen (secondary N) is 1. The summed E-state index contributed by atoms with van der Waals surface area (Å²) in [6.07, 6.45) is 0. The van der Waals surface area contributed by atoms with Crippen molar-refractivity contribution in [2.75, 3.05) is 5.32 Å². The van der Waals surface area contributed by atoms with Crippen LogP contribution in [-0.2, 0) is 7.05 Å². The van der Waals surface area contributed by atoms with Crippen molar-refractivity contribution in [3.8, 4) is 0 Å². The minimum absolute atomic E-state index is 0. The highest BCUT2D eigenvalue weighted by Gasteiger charge is 2.10. The highest BCUT2D eigenvalue weighted by Crippen LogP contribution is 2.17. The Labute approximate surface area is 104 Å². The number of anilines is 2. The van der Waals surface area contributed by atoms with Gasteiger partial charge in [-0.3, -0.25) is 0 Å². The minimum Gasteiger partial charge on any atom is -1.00 e. The third-order valence-corrected chi connectivity index (χ3v) is 3.26. The van der Waals surface area contributed by atoms with Crippen molar-refractivity contribution >= 4 is 22.2 Å². The van der Waals surface area contributed by atoms with Crippen LogP contribution in [0.25, 0.3) is 0 Å². The van der Waals surface area contributed by atoms with Crippen LogP contribution in [-0.4, -0.2) is 0 Å². The van der Waals surface area contributed by atoms with Gasteiger partial charge in [-0.15, -0.1) is 0 Å². The molecule has 0 saturated heterocycles. The molecule has 4 heteroatoms. The number of hydrogen-bond acceptors (Lipinski definition) is 2. The predicted molar refractivity (Wildman–Crippen MR) is 60.0 cm³/mol. The minimum atomic E-state index is 0. The van der Waals surface area contributed by atoms with E-state index < -0.39 is 0 Å². The quantitative estimate of drug-likeness (QED) is 0.745. The molecule has 0 spiro atoms. The van der Waals surface area contributed by atoms with Crippen LogP contribution >= 0.6 is 11.3 Å². The van der Waals surface area contributed by atoms with Gasteiger partial charge in [-0.05, 0) is 19.1 Å². The van der Waals surface area contributed by atoms with Crippen molar-refractivity contribution in [1.29, 1.82) is 0 Å². The molecule has 0 aliphatic rings. The molecule has 15 heavy (non-hydrogen) atoms. The Kier molecular flexibility index (Phi) is 4.29. The zero-order chi connectivity index (χ0) is 9.97. The summed E-state index contributed by atoms with van der Waals surface area (Å²) in [4.78, 5) is 0. The summed E-state index contributed by atoms with van der Waals surface area (Å²) in [6, 6.07) is 10.2. The predicted octanol–water partition coefficient (Wildman–Crippen LogP) is -0.371. The Bertz CT molecular complexity index is 425. The van der Waals surface area contributed by atoms with Crippen LogP contribution in [0.4, 0.5) is 10.8 Å². The van der Waals surface area contributed by atoms with E-state index in [1.165, 1.54) is 5.69 Å². The fraction of sp³-hybridized carbons (Fsp3) is 0.182. The Balaban J connectivity index is 0.00000112. The summed E-state index contributed by atoms with van der Waals surface area (Å²) in [5, 5.41) is 6.68. The van der Waals surface area contributed by atoms with Gasteiger partial charge in [0.1, 0.15) is 11.4 Å². The van der Waals surface area contributed by atoms with E-state index in [-0.39, 0.29) is 17.0 Å². The molecule has 0 fully saturated rings. The number of hydrogen-bond donors (Lipinski definition) is 1. The standard InChI is InChI=1S/C11H12N2S.BrH/c1-9-8-14-11(13(9)2)12-10-6-4-3-5-7-10;/h3-8H,1-2H3;1H. The van der Waals surface area contributed by atoms with Gasteiger partial charge in [0.05, 0.1) is 7.05 Å². The van der Waals surface area contributed by atoms with Gasteiger partial charge >= 0.3 is 5.13 Å². The van der Waals surface area contributed by atoms with Gasteiger partial charge in [-0.1, -0.05) is 29.5 Å². The van der Waals surface area contributed by atoms with Gasteiger partial charge in [-0.25, -0.2) is 9.88 Å². The lowest BCUT2D eigenvalue weighted by atomic mass is 10.3. The molecule has 0 atom stereocenters. The van der Waals surface area contributed by atoms with Crippen LogP contribution in [0, 0.1) is 6.92 Å². The van der Waals surface area contributed by atoms with Crippen molar-refractivity contribution in [2.24, 2.45) is 7.05 Å². The molecule has 0 bridgehead atoms. The summed E-state index contributed by atoms with van der Waals surface area (Å²) >= 11 is 1.72. The lowest BCUT2D eigenvalue weighted by molar-refractivity contribution is -0.658. The van der Waals surface area contributed by atoms with E-state index >= 15 is 0 Å². The van der Waals surface area contributed by atoms with Crippen molar-refractivity contribution < 1.29 is 21.5 Å². The Morgan fingerprint density at radius 1 is 1.20 bits per heavy atom. The molecule has 80 valence electrons. The molecule has 1 aromatic heterocycles. The van der Waals surface area contributed by atoms with Crippen molar-refractivity contribution in [3.63, 3.8) is 0 Å². The third kappa shape index (κ3) is 2.79. The van der Waals surface area contributed by atoms with Crippen LogP contribution in [0.15, 0.2) is 35.7 Å². The average molecular weight is 285 g/mol. The maximum atomic E-state index is 3.37. The van der Waals surface area contributed by atoms with E-state index in [4.69, 9.17) is 0 Å². The zero-order valence-electron chi connectivity index (χ0n) is 8.70. The molecular weight excluding hydrogens is 272 g/mol. The third-order valence-electron chi connectivity index (χ3n) is 2.20. The molecule has 2 nitrogen and oxygen atoms in total. The summed E-state index contributed by atoms with van der Waals surface area (Å²) in [5.74, 6) is 0. The molecule has 0 aliphatic heterocycles. The SMILES string of the molecule is Cc1csc(Nc2ccccc2)[n+]1C.[Br-].